The predicted octanol–water partition coefficient (Wildman–Crippen LogP) is 1.70. The summed E-state index contributed by atoms with van der Waals surface area (Å²) in [5.74, 6) is -0.475. The van der Waals surface area contributed by atoms with Gasteiger partial charge in [0.15, 0.2) is 0 Å². The van der Waals surface area contributed by atoms with E-state index in [4.69, 9.17) is 0 Å². The monoisotopic (exact) mass is 300 g/mol. The third-order valence-corrected chi connectivity index (χ3v) is 3.82. The van der Waals surface area contributed by atoms with Crippen LogP contribution in [-0.2, 0) is 9.59 Å². The van der Waals surface area contributed by atoms with E-state index in [1.54, 1.807) is 6.92 Å². The van der Waals surface area contributed by atoms with E-state index in [9.17, 15) is 14.7 Å². The molecule has 0 radical (unpaired) electrons. The van der Waals surface area contributed by atoms with Crippen molar-refractivity contribution in [2.45, 2.75) is 54.4 Å². The van der Waals surface area contributed by atoms with Crippen molar-refractivity contribution < 1.29 is 14.7 Å². The minimum absolute atomic E-state index is 0.0467. The van der Waals surface area contributed by atoms with E-state index in [1.807, 2.05) is 13.8 Å². The maximum atomic E-state index is 11.9. The lowest BCUT2D eigenvalue weighted by atomic mass is 9.80. The summed E-state index contributed by atoms with van der Waals surface area (Å²) in [6, 6.07) is 0. The molecule has 0 unspecified atom stereocenters. The Hall–Kier alpha value is -1.10. The molecular formula is C16H32N2O3. The molecule has 0 aromatic heterocycles. The summed E-state index contributed by atoms with van der Waals surface area (Å²) in [6.45, 7) is 12.8. The molecular weight excluding hydrogens is 268 g/mol. The number of carbonyl (C=O) groups is 2. The summed E-state index contributed by atoms with van der Waals surface area (Å²) in [5, 5.41) is 14.8. The van der Waals surface area contributed by atoms with Gasteiger partial charge < -0.3 is 15.7 Å². The number of aliphatic hydroxyl groups excluding tert-OH is 1. The van der Waals surface area contributed by atoms with Crippen LogP contribution in [0.5, 0.6) is 0 Å². The summed E-state index contributed by atoms with van der Waals surface area (Å²) in [6.07, 6.45) is 1.20. The van der Waals surface area contributed by atoms with Crippen LogP contribution in [0.25, 0.3) is 0 Å². The van der Waals surface area contributed by atoms with Crippen molar-refractivity contribution in [2.24, 2.45) is 16.7 Å². The fraction of sp³-hybridized carbons (Fsp3) is 0.875. The SMILES string of the molecule is C[C@@H](C(=O)NCCC(=O)NCCC(C)(C)C)C(C)(C)CO. The van der Waals surface area contributed by atoms with Crippen LogP contribution in [0.15, 0.2) is 0 Å². The van der Waals surface area contributed by atoms with Crippen LogP contribution in [0, 0.1) is 16.7 Å². The van der Waals surface area contributed by atoms with Crippen molar-refractivity contribution in [1.82, 2.24) is 10.6 Å². The molecule has 3 N–H and O–H groups in total. The molecule has 0 spiro atoms. The molecule has 0 rings (SSSR count). The second kappa shape index (κ2) is 8.37. The Kier molecular flexibility index (Phi) is 7.93. The maximum absolute atomic E-state index is 11.9. The first-order valence-corrected chi connectivity index (χ1v) is 7.65. The number of aliphatic hydroxyl groups is 1. The summed E-state index contributed by atoms with van der Waals surface area (Å²) in [4.78, 5) is 23.6. The second-order valence-corrected chi connectivity index (χ2v) is 7.57. The number of hydrogen-bond acceptors (Lipinski definition) is 3. The van der Waals surface area contributed by atoms with Crippen LogP contribution >= 0.6 is 0 Å². The zero-order chi connectivity index (χ0) is 16.7. The number of nitrogens with one attached hydrogen (secondary N) is 2. The predicted molar refractivity (Wildman–Crippen MR) is 84.7 cm³/mol. The Morgan fingerprint density at radius 3 is 2.10 bits per heavy atom. The molecule has 21 heavy (non-hydrogen) atoms. The van der Waals surface area contributed by atoms with Gasteiger partial charge in [-0.25, -0.2) is 0 Å². The molecule has 0 aliphatic carbocycles. The highest BCUT2D eigenvalue weighted by atomic mass is 16.3. The first-order valence-electron chi connectivity index (χ1n) is 7.65. The zero-order valence-corrected chi connectivity index (χ0v) is 14.4. The lowest BCUT2D eigenvalue weighted by Crippen LogP contribution is -2.40. The van der Waals surface area contributed by atoms with Crippen molar-refractivity contribution in [1.29, 1.82) is 0 Å². The largest absolute Gasteiger partial charge is 0.396 e. The highest BCUT2D eigenvalue weighted by Crippen LogP contribution is 2.25. The third kappa shape index (κ3) is 8.71. The number of rotatable bonds is 8. The van der Waals surface area contributed by atoms with Crippen molar-refractivity contribution in [3.05, 3.63) is 0 Å². The van der Waals surface area contributed by atoms with Crippen LogP contribution in [-0.4, -0.2) is 36.6 Å². The van der Waals surface area contributed by atoms with E-state index >= 15 is 0 Å². The molecule has 124 valence electrons. The molecule has 1 atom stereocenters. The molecule has 0 saturated heterocycles. The van der Waals surface area contributed by atoms with Gasteiger partial charge in [0.25, 0.3) is 0 Å². The Balaban J connectivity index is 3.94. The highest BCUT2D eigenvalue weighted by Gasteiger charge is 2.30. The minimum Gasteiger partial charge on any atom is -0.396 e. The zero-order valence-electron chi connectivity index (χ0n) is 14.4. The molecule has 0 fully saturated rings. The molecule has 2 amide bonds. The Morgan fingerprint density at radius 1 is 1.05 bits per heavy atom. The third-order valence-electron chi connectivity index (χ3n) is 3.82. The van der Waals surface area contributed by atoms with E-state index in [0.29, 0.717) is 13.1 Å². The van der Waals surface area contributed by atoms with E-state index in [2.05, 4.69) is 31.4 Å². The van der Waals surface area contributed by atoms with Crippen molar-refractivity contribution in [2.75, 3.05) is 19.7 Å². The van der Waals surface area contributed by atoms with Crippen LogP contribution in [0.1, 0.15) is 54.4 Å². The van der Waals surface area contributed by atoms with E-state index < -0.39 is 5.41 Å². The van der Waals surface area contributed by atoms with Crippen molar-refractivity contribution in [3.8, 4) is 0 Å². The van der Waals surface area contributed by atoms with Crippen LogP contribution in [0.3, 0.4) is 0 Å². The van der Waals surface area contributed by atoms with Gasteiger partial charge in [0.2, 0.25) is 11.8 Å². The normalized spacial score (nSPS) is 13.7. The Morgan fingerprint density at radius 2 is 1.62 bits per heavy atom. The number of hydrogen-bond donors (Lipinski definition) is 3. The molecule has 5 nitrogen and oxygen atoms in total. The molecule has 0 aliphatic rings. The average Bonchev–Trinajstić information content (AvgIpc) is 2.36. The lowest BCUT2D eigenvalue weighted by molar-refractivity contribution is -0.129. The Bertz CT molecular complexity index is 346. The summed E-state index contributed by atoms with van der Waals surface area (Å²) < 4.78 is 0. The topological polar surface area (TPSA) is 78.4 Å². The van der Waals surface area contributed by atoms with Gasteiger partial charge in [-0.15, -0.1) is 0 Å². The van der Waals surface area contributed by atoms with Gasteiger partial charge in [-0.1, -0.05) is 41.5 Å². The molecule has 0 aromatic rings. The molecule has 0 bridgehead atoms. The molecule has 0 heterocycles. The van der Waals surface area contributed by atoms with Gasteiger partial charge in [0.1, 0.15) is 0 Å². The van der Waals surface area contributed by atoms with Gasteiger partial charge in [-0.05, 0) is 17.3 Å². The van der Waals surface area contributed by atoms with Crippen LogP contribution in [0.2, 0.25) is 0 Å². The highest BCUT2D eigenvalue weighted by molar-refractivity contribution is 5.80. The van der Waals surface area contributed by atoms with Gasteiger partial charge in [0, 0.05) is 32.0 Å². The molecule has 5 heteroatoms. The summed E-state index contributed by atoms with van der Waals surface area (Å²) >= 11 is 0. The lowest BCUT2D eigenvalue weighted by Gasteiger charge is -2.28. The number of carbonyl (C=O) groups excluding carboxylic acids is 2. The fourth-order valence-electron chi connectivity index (χ4n) is 1.61. The fourth-order valence-corrected chi connectivity index (χ4v) is 1.61. The van der Waals surface area contributed by atoms with E-state index in [1.165, 1.54) is 0 Å². The summed E-state index contributed by atoms with van der Waals surface area (Å²) in [5.41, 5.74) is -0.258. The van der Waals surface area contributed by atoms with Gasteiger partial charge in [-0.2, -0.15) is 0 Å². The summed E-state index contributed by atoms with van der Waals surface area (Å²) in [7, 11) is 0. The van der Waals surface area contributed by atoms with E-state index in [0.717, 1.165) is 6.42 Å². The first-order chi connectivity index (χ1) is 9.49. The molecule has 0 aromatic carbocycles. The first kappa shape index (κ1) is 19.9. The maximum Gasteiger partial charge on any atom is 0.223 e. The smallest absolute Gasteiger partial charge is 0.223 e. The van der Waals surface area contributed by atoms with Gasteiger partial charge >= 0.3 is 0 Å². The van der Waals surface area contributed by atoms with E-state index in [-0.39, 0.29) is 36.2 Å². The molecule has 0 saturated carbocycles. The van der Waals surface area contributed by atoms with Gasteiger partial charge in [-0.3, -0.25) is 9.59 Å². The molecule has 0 aliphatic heterocycles. The van der Waals surface area contributed by atoms with Gasteiger partial charge in [0.05, 0.1) is 0 Å². The minimum atomic E-state index is -0.459. The van der Waals surface area contributed by atoms with Crippen LogP contribution < -0.4 is 10.6 Å². The standard InChI is InChI=1S/C16H32N2O3/c1-12(16(5,6)11-19)14(21)18-9-7-13(20)17-10-8-15(2,3)4/h12,19H,7-11H2,1-6H3,(H,17,20)(H,18,21)/t12-/m0/s1. The quantitative estimate of drug-likeness (QED) is 0.638. The van der Waals surface area contributed by atoms with Crippen molar-refractivity contribution >= 4 is 11.8 Å². The van der Waals surface area contributed by atoms with Crippen molar-refractivity contribution in [3.63, 3.8) is 0 Å². The second-order valence-electron chi connectivity index (χ2n) is 7.57. The number of amides is 2. The van der Waals surface area contributed by atoms with Crippen LogP contribution in [0.4, 0.5) is 0 Å². The average molecular weight is 300 g/mol. The Labute approximate surface area is 128 Å².